The molecular weight excluding hydrogens is 248 g/mol. The summed E-state index contributed by atoms with van der Waals surface area (Å²) in [5.41, 5.74) is 6.33. The lowest BCUT2D eigenvalue weighted by molar-refractivity contribution is -0.386. The van der Waals surface area contributed by atoms with E-state index in [1.54, 1.807) is 7.05 Å². The number of nitrogens with two attached hydrogens (primary N) is 1. The van der Waals surface area contributed by atoms with Crippen LogP contribution in [0.2, 0.25) is 0 Å². The molecule has 1 aliphatic rings. The fraction of sp³-hybridized carbons (Fsp3) is 0.750. The van der Waals surface area contributed by atoms with Crippen LogP contribution in [0.1, 0.15) is 38.3 Å². The van der Waals surface area contributed by atoms with Crippen LogP contribution in [-0.2, 0) is 13.5 Å². The van der Waals surface area contributed by atoms with Crippen LogP contribution in [0.3, 0.4) is 0 Å². The average molecular weight is 268 g/mol. The Labute approximate surface area is 111 Å². The number of ether oxygens (including phenoxy) is 1. The van der Waals surface area contributed by atoms with Gasteiger partial charge in [0, 0.05) is 13.1 Å². The Kier molecular flexibility index (Phi) is 4.04. The molecule has 2 unspecified atom stereocenters. The predicted molar refractivity (Wildman–Crippen MR) is 70.1 cm³/mol. The Bertz CT molecular complexity index is 472. The van der Waals surface area contributed by atoms with Gasteiger partial charge in [-0.05, 0) is 25.7 Å². The summed E-state index contributed by atoms with van der Waals surface area (Å²) in [6, 6.07) is 0.132. The third kappa shape index (κ3) is 2.86. The molecule has 2 atom stereocenters. The van der Waals surface area contributed by atoms with Gasteiger partial charge < -0.3 is 10.5 Å². The minimum atomic E-state index is -0.401. The molecule has 0 spiro atoms. The zero-order valence-electron chi connectivity index (χ0n) is 11.3. The Hall–Kier alpha value is -1.63. The van der Waals surface area contributed by atoms with Crippen LogP contribution in [0, 0.1) is 10.1 Å². The highest BCUT2D eigenvalue weighted by molar-refractivity contribution is 5.46. The largest absolute Gasteiger partial charge is 0.470 e. The number of hydrogen-bond acceptors (Lipinski definition) is 5. The Morgan fingerprint density at radius 2 is 2.32 bits per heavy atom. The molecule has 1 saturated carbocycles. The van der Waals surface area contributed by atoms with E-state index in [1.807, 2.05) is 6.92 Å². The van der Waals surface area contributed by atoms with E-state index >= 15 is 0 Å². The van der Waals surface area contributed by atoms with Crippen LogP contribution in [0.15, 0.2) is 0 Å². The monoisotopic (exact) mass is 268 g/mol. The van der Waals surface area contributed by atoms with Gasteiger partial charge in [0.1, 0.15) is 11.8 Å². The number of nitrogens with zero attached hydrogens (tertiary/aromatic N) is 3. The summed E-state index contributed by atoms with van der Waals surface area (Å²) in [6.45, 7) is 1.97. The van der Waals surface area contributed by atoms with E-state index in [2.05, 4.69) is 5.10 Å². The first-order valence-corrected chi connectivity index (χ1v) is 6.65. The summed E-state index contributed by atoms with van der Waals surface area (Å²) in [5.74, 6) is 0.257. The molecule has 1 aromatic rings. The molecule has 1 aliphatic carbocycles. The highest BCUT2D eigenvalue weighted by atomic mass is 16.6. The summed E-state index contributed by atoms with van der Waals surface area (Å²) in [5, 5.41) is 15.4. The van der Waals surface area contributed by atoms with Gasteiger partial charge in [-0.25, -0.2) is 4.68 Å². The molecule has 106 valence electrons. The van der Waals surface area contributed by atoms with Gasteiger partial charge in [0.05, 0.1) is 4.92 Å². The van der Waals surface area contributed by atoms with Crippen LogP contribution in [0.4, 0.5) is 5.69 Å². The zero-order valence-corrected chi connectivity index (χ0v) is 11.3. The van der Waals surface area contributed by atoms with E-state index in [0.717, 1.165) is 25.7 Å². The molecule has 1 heterocycles. The van der Waals surface area contributed by atoms with Crippen molar-refractivity contribution >= 4 is 5.69 Å². The fourth-order valence-corrected chi connectivity index (χ4v) is 2.51. The smallest absolute Gasteiger partial charge is 0.353 e. The van der Waals surface area contributed by atoms with Gasteiger partial charge in [0.15, 0.2) is 0 Å². The van der Waals surface area contributed by atoms with Crippen molar-refractivity contribution in [2.75, 3.05) is 0 Å². The molecule has 0 saturated heterocycles. The fourth-order valence-electron chi connectivity index (χ4n) is 2.51. The Morgan fingerprint density at radius 1 is 1.58 bits per heavy atom. The number of hydrogen-bond donors (Lipinski definition) is 1. The SMILES string of the molecule is CCCc1nn(C)c(OC2CCC(N)C2)c1[N+](=O)[O-]. The lowest BCUT2D eigenvalue weighted by Crippen LogP contribution is -2.20. The number of aromatic nitrogens is 2. The van der Waals surface area contributed by atoms with Crippen molar-refractivity contribution in [3.05, 3.63) is 15.8 Å². The highest BCUT2D eigenvalue weighted by Gasteiger charge is 2.32. The maximum atomic E-state index is 11.2. The van der Waals surface area contributed by atoms with Crippen molar-refractivity contribution in [2.24, 2.45) is 12.8 Å². The van der Waals surface area contributed by atoms with E-state index in [9.17, 15) is 10.1 Å². The van der Waals surface area contributed by atoms with E-state index in [-0.39, 0.29) is 23.7 Å². The van der Waals surface area contributed by atoms with Crippen LogP contribution in [-0.4, -0.2) is 26.8 Å². The minimum absolute atomic E-state index is 0.00446. The van der Waals surface area contributed by atoms with Crippen LogP contribution < -0.4 is 10.5 Å². The van der Waals surface area contributed by atoms with Gasteiger partial charge in [0.25, 0.3) is 5.88 Å². The average Bonchev–Trinajstić information content (AvgIpc) is 2.85. The number of rotatable bonds is 5. The van der Waals surface area contributed by atoms with Crippen LogP contribution in [0.5, 0.6) is 5.88 Å². The van der Waals surface area contributed by atoms with Crippen molar-refractivity contribution < 1.29 is 9.66 Å². The Balaban J connectivity index is 2.25. The summed E-state index contributed by atoms with van der Waals surface area (Å²) in [7, 11) is 1.68. The lowest BCUT2D eigenvalue weighted by Gasteiger charge is -2.12. The Morgan fingerprint density at radius 3 is 2.84 bits per heavy atom. The molecule has 0 bridgehead atoms. The molecule has 1 aromatic heterocycles. The van der Waals surface area contributed by atoms with Gasteiger partial charge in [-0.3, -0.25) is 10.1 Å². The summed E-state index contributed by atoms with van der Waals surface area (Å²) in [4.78, 5) is 10.8. The van der Waals surface area contributed by atoms with E-state index < -0.39 is 4.92 Å². The van der Waals surface area contributed by atoms with Crippen molar-refractivity contribution in [3.63, 3.8) is 0 Å². The van der Waals surface area contributed by atoms with Crippen LogP contribution >= 0.6 is 0 Å². The first kappa shape index (κ1) is 13.8. The second kappa shape index (κ2) is 5.56. The van der Waals surface area contributed by atoms with Crippen molar-refractivity contribution in [3.8, 4) is 5.88 Å². The van der Waals surface area contributed by atoms with Gasteiger partial charge in [0.2, 0.25) is 0 Å². The first-order chi connectivity index (χ1) is 9.02. The normalized spacial score (nSPS) is 22.7. The van der Waals surface area contributed by atoms with Crippen LogP contribution in [0.25, 0.3) is 0 Å². The molecule has 0 amide bonds. The van der Waals surface area contributed by atoms with Crippen molar-refractivity contribution in [2.45, 2.75) is 51.2 Å². The third-order valence-corrected chi connectivity index (χ3v) is 3.41. The first-order valence-electron chi connectivity index (χ1n) is 6.65. The predicted octanol–water partition coefficient (Wildman–Crippen LogP) is 1.54. The molecule has 2 rings (SSSR count). The lowest BCUT2D eigenvalue weighted by atomic mass is 10.2. The molecule has 7 nitrogen and oxygen atoms in total. The molecule has 1 fully saturated rings. The maximum Gasteiger partial charge on any atom is 0.353 e. The molecule has 0 aromatic carbocycles. The second-order valence-electron chi connectivity index (χ2n) is 5.04. The van der Waals surface area contributed by atoms with Crippen molar-refractivity contribution in [1.82, 2.24) is 9.78 Å². The minimum Gasteiger partial charge on any atom is -0.470 e. The highest BCUT2D eigenvalue weighted by Crippen LogP contribution is 2.34. The topological polar surface area (TPSA) is 96.2 Å². The molecule has 19 heavy (non-hydrogen) atoms. The van der Waals surface area contributed by atoms with E-state index in [1.165, 1.54) is 4.68 Å². The summed E-state index contributed by atoms with van der Waals surface area (Å²) >= 11 is 0. The molecular formula is C12H20N4O3. The number of nitro groups is 1. The quantitative estimate of drug-likeness (QED) is 0.645. The summed E-state index contributed by atoms with van der Waals surface area (Å²) < 4.78 is 7.24. The van der Waals surface area contributed by atoms with Gasteiger partial charge in [-0.2, -0.15) is 5.10 Å². The molecule has 2 N–H and O–H groups in total. The second-order valence-corrected chi connectivity index (χ2v) is 5.04. The van der Waals surface area contributed by atoms with E-state index in [0.29, 0.717) is 12.1 Å². The van der Waals surface area contributed by atoms with Gasteiger partial charge in [-0.1, -0.05) is 13.3 Å². The molecule has 0 radical (unpaired) electrons. The molecule has 7 heteroatoms. The zero-order chi connectivity index (χ0) is 14.0. The standard InChI is InChI=1S/C12H20N4O3/c1-3-4-10-11(16(17)18)12(15(2)14-10)19-9-6-5-8(13)7-9/h8-9H,3-7,13H2,1-2H3. The van der Waals surface area contributed by atoms with Crippen molar-refractivity contribution in [1.29, 1.82) is 0 Å². The van der Waals surface area contributed by atoms with E-state index in [4.69, 9.17) is 10.5 Å². The summed E-state index contributed by atoms with van der Waals surface area (Å²) in [6.07, 6.45) is 3.83. The third-order valence-electron chi connectivity index (χ3n) is 3.41. The maximum absolute atomic E-state index is 11.2. The van der Waals surface area contributed by atoms with Gasteiger partial charge >= 0.3 is 5.69 Å². The van der Waals surface area contributed by atoms with Gasteiger partial charge in [-0.15, -0.1) is 0 Å². The molecule has 0 aliphatic heterocycles. The number of aryl methyl sites for hydroxylation is 2.